The third kappa shape index (κ3) is 4.76. The van der Waals surface area contributed by atoms with Gasteiger partial charge in [-0.2, -0.15) is 0 Å². The number of ether oxygens (including phenoxy) is 1. The Bertz CT molecular complexity index is 667. The van der Waals surface area contributed by atoms with E-state index in [4.69, 9.17) is 11.6 Å². The molecule has 1 heterocycles. The summed E-state index contributed by atoms with van der Waals surface area (Å²) < 4.78 is 42.2. The van der Waals surface area contributed by atoms with Gasteiger partial charge in [0, 0.05) is 10.7 Å². The minimum absolute atomic E-state index is 0.117. The van der Waals surface area contributed by atoms with Crippen LogP contribution in [0.25, 0.3) is 0 Å². The second kappa shape index (κ2) is 6.41. The Morgan fingerprint density at radius 3 is 2.52 bits per heavy atom. The Balaban J connectivity index is 2.35. The zero-order valence-corrected chi connectivity index (χ0v) is 13.9. The number of nitrogens with zero attached hydrogens (tertiary/aromatic N) is 1. The van der Waals surface area contributed by atoms with Crippen molar-refractivity contribution in [1.29, 1.82) is 0 Å². The highest BCUT2D eigenvalue weighted by Gasteiger charge is 2.32. The summed E-state index contributed by atoms with van der Waals surface area (Å²) in [5.74, 6) is -0.0609. The molecule has 0 saturated carbocycles. The van der Waals surface area contributed by atoms with Crippen LogP contribution in [0, 0.1) is 0 Å². The molecule has 0 fully saturated rings. The highest BCUT2D eigenvalue weighted by atomic mass is 79.9. The van der Waals surface area contributed by atoms with Gasteiger partial charge in [-0.3, -0.25) is 0 Å². The Labute approximate surface area is 139 Å². The molecule has 0 aliphatic carbocycles. The number of aromatic nitrogens is 1. The van der Waals surface area contributed by atoms with Crippen molar-refractivity contribution < 1.29 is 17.9 Å². The first kappa shape index (κ1) is 16.4. The first-order chi connectivity index (χ1) is 9.74. The molecule has 2 aromatic rings. The van der Waals surface area contributed by atoms with Crippen LogP contribution in [0.5, 0.6) is 5.75 Å². The molecule has 0 aliphatic rings. The molecule has 0 unspecified atom stereocenters. The van der Waals surface area contributed by atoms with Crippen molar-refractivity contribution in [2.45, 2.75) is 6.36 Å². The Kier molecular flexibility index (Phi) is 5.00. The van der Waals surface area contributed by atoms with Gasteiger partial charge in [0.15, 0.2) is 5.75 Å². The van der Waals surface area contributed by atoms with E-state index in [-0.39, 0.29) is 11.4 Å². The van der Waals surface area contributed by atoms with E-state index in [1.54, 1.807) is 12.1 Å². The molecular weight excluding hydrogens is 440 g/mol. The van der Waals surface area contributed by atoms with E-state index in [0.717, 1.165) is 0 Å². The third-order valence-electron chi connectivity index (χ3n) is 2.23. The van der Waals surface area contributed by atoms with Crippen LogP contribution in [0.2, 0.25) is 5.02 Å². The van der Waals surface area contributed by atoms with Crippen molar-refractivity contribution in [1.82, 2.24) is 4.98 Å². The summed E-state index contributed by atoms with van der Waals surface area (Å²) in [6.45, 7) is 0. The smallest absolute Gasteiger partial charge is 0.404 e. The molecule has 1 N–H and O–H groups in total. The minimum Gasteiger partial charge on any atom is -0.404 e. The van der Waals surface area contributed by atoms with Gasteiger partial charge in [0.25, 0.3) is 0 Å². The van der Waals surface area contributed by atoms with E-state index in [9.17, 15) is 13.2 Å². The van der Waals surface area contributed by atoms with Gasteiger partial charge < -0.3 is 10.1 Å². The quantitative estimate of drug-likeness (QED) is 0.637. The number of pyridine rings is 1. The van der Waals surface area contributed by atoms with Crippen LogP contribution < -0.4 is 10.1 Å². The normalized spacial score (nSPS) is 11.3. The number of halogens is 6. The molecule has 0 radical (unpaired) electrons. The standard InChI is InChI=1S/C12H6Br2ClF3N2O/c13-6-1-2-9(10(3-6)21-12(16,17)18)20-11-8(14)4-7(15)5-19-11/h1-5H,(H,19,20). The Hall–Kier alpha value is -0.990. The molecule has 0 saturated heterocycles. The lowest BCUT2D eigenvalue weighted by Crippen LogP contribution is -2.18. The molecule has 112 valence electrons. The van der Waals surface area contributed by atoms with Crippen LogP contribution in [0.15, 0.2) is 39.4 Å². The van der Waals surface area contributed by atoms with Crippen molar-refractivity contribution in [2.75, 3.05) is 5.32 Å². The van der Waals surface area contributed by atoms with Crippen LogP contribution >= 0.6 is 43.5 Å². The maximum atomic E-state index is 12.4. The average Bonchev–Trinajstić information content (AvgIpc) is 2.33. The summed E-state index contributed by atoms with van der Waals surface area (Å²) >= 11 is 12.1. The van der Waals surface area contributed by atoms with Crippen molar-refractivity contribution in [2.24, 2.45) is 0 Å². The van der Waals surface area contributed by atoms with Crippen LogP contribution in [-0.2, 0) is 0 Å². The molecule has 9 heteroatoms. The van der Waals surface area contributed by atoms with E-state index < -0.39 is 6.36 Å². The third-order valence-corrected chi connectivity index (χ3v) is 3.53. The zero-order chi connectivity index (χ0) is 15.6. The topological polar surface area (TPSA) is 34.1 Å². The molecule has 21 heavy (non-hydrogen) atoms. The largest absolute Gasteiger partial charge is 0.573 e. The van der Waals surface area contributed by atoms with Crippen LogP contribution in [0.1, 0.15) is 0 Å². The predicted octanol–water partition coefficient (Wildman–Crippen LogP) is 5.90. The predicted molar refractivity (Wildman–Crippen MR) is 81.1 cm³/mol. The number of alkyl halides is 3. The average molecular weight is 446 g/mol. The van der Waals surface area contributed by atoms with Gasteiger partial charge in [0.05, 0.1) is 15.2 Å². The Morgan fingerprint density at radius 2 is 1.90 bits per heavy atom. The van der Waals surface area contributed by atoms with Crippen molar-refractivity contribution in [3.05, 3.63) is 44.4 Å². The van der Waals surface area contributed by atoms with Crippen LogP contribution in [-0.4, -0.2) is 11.3 Å². The van der Waals surface area contributed by atoms with Crippen LogP contribution in [0.4, 0.5) is 24.7 Å². The van der Waals surface area contributed by atoms with Gasteiger partial charge in [-0.1, -0.05) is 27.5 Å². The number of rotatable bonds is 3. The number of anilines is 2. The maximum absolute atomic E-state index is 12.4. The summed E-state index contributed by atoms with van der Waals surface area (Å²) in [5.41, 5.74) is 0.117. The lowest BCUT2D eigenvalue weighted by molar-refractivity contribution is -0.274. The second-order valence-electron chi connectivity index (χ2n) is 3.80. The second-order valence-corrected chi connectivity index (χ2v) is 6.00. The lowest BCUT2D eigenvalue weighted by Gasteiger charge is -2.15. The molecule has 0 aliphatic heterocycles. The molecule has 0 spiro atoms. The maximum Gasteiger partial charge on any atom is 0.573 e. The number of hydrogen-bond donors (Lipinski definition) is 1. The van der Waals surface area contributed by atoms with Gasteiger partial charge in [0.1, 0.15) is 5.82 Å². The monoisotopic (exact) mass is 444 g/mol. The van der Waals surface area contributed by atoms with E-state index in [1.807, 2.05) is 0 Å². The summed E-state index contributed by atoms with van der Waals surface area (Å²) in [6, 6.07) is 5.79. The minimum atomic E-state index is -4.79. The fourth-order valence-electron chi connectivity index (χ4n) is 1.44. The summed E-state index contributed by atoms with van der Waals surface area (Å²) in [6.07, 6.45) is -3.42. The van der Waals surface area contributed by atoms with Gasteiger partial charge in [-0.15, -0.1) is 13.2 Å². The van der Waals surface area contributed by atoms with E-state index in [0.29, 0.717) is 19.8 Å². The van der Waals surface area contributed by atoms with E-state index in [2.05, 4.69) is 46.9 Å². The number of benzene rings is 1. The van der Waals surface area contributed by atoms with Gasteiger partial charge in [-0.05, 0) is 40.2 Å². The highest BCUT2D eigenvalue weighted by molar-refractivity contribution is 9.10. The van der Waals surface area contributed by atoms with Crippen molar-refractivity contribution >= 4 is 55.0 Å². The van der Waals surface area contributed by atoms with E-state index in [1.165, 1.54) is 18.3 Å². The van der Waals surface area contributed by atoms with Gasteiger partial charge in [-0.25, -0.2) is 4.98 Å². The SMILES string of the molecule is FC(F)(F)Oc1cc(Br)ccc1Nc1ncc(Cl)cc1Br. The van der Waals surface area contributed by atoms with Crippen molar-refractivity contribution in [3.8, 4) is 5.75 Å². The van der Waals surface area contributed by atoms with Crippen molar-refractivity contribution in [3.63, 3.8) is 0 Å². The molecule has 1 aromatic carbocycles. The molecule has 0 amide bonds. The number of nitrogens with one attached hydrogen (secondary N) is 1. The summed E-state index contributed by atoms with van der Waals surface area (Å²) in [5, 5.41) is 3.15. The fourth-order valence-corrected chi connectivity index (χ4v) is 2.52. The van der Waals surface area contributed by atoms with Gasteiger partial charge in [0.2, 0.25) is 0 Å². The lowest BCUT2D eigenvalue weighted by atomic mass is 10.3. The van der Waals surface area contributed by atoms with Crippen LogP contribution in [0.3, 0.4) is 0 Å². The molecule has 0 bridgehead atoms. The number of hydrogen-bond acceptors (Lipinski definition) is 3. The Morgan fingerprint density at radius 1 is 1.19 bits per heavy atom. The fraction of sp³-hybridized carbons (Fsp3) is 0.0833. The molecule has 2 rings (SSSR count). The van der Waals surface area contributed by atoms with Gasteiger partial charge >= 0.3 is 6.36 Å². The summed E-state index contributed by atoms with van der Waals surface area (Å²) in [4.78, 5) is 3.99. The first-order valence-electron chi connectivity index (χ1n) is 5.38. The highest BCUT2D eigenvalue weighted by Crippen LogP contribution is 2.36. The zero-order valence-electron chi connectivity index (χ0n) is 10.0. The molecule has 0 atom stereocenters. The van der Waals surface area contributed by atoms with E-state index >= 15 is 0 Å². The molecule has 1 aromatic heterocycles. The summed E-state index contributed by atoms with van der Waals surface area (Å²) in [7, 11) is 0. The molecular formula is C12H6Br2ClF3N2O. The molecule has 3 nitrogen and oxygen atoms in total. The first-order valence-corrected chi connectivity index (χ1v) is 7.34.